The molecule has 5 nitrogen and oxygen atoms in total. The Labute approximate surface area is 167 Å². The van der Waals surface area contributed by atoms with Gasteiger partial charge in [-0.3, -0.25) is 0 Å². The topological polar surface area (TPSA) is 40.4 Å². The van der Waals surface area contributed by atoms with Gasteiger partial charge in [0.2, 0.25) is 5.17 Å². The van der Waals surface area contributed by atoms with Crippen LogP contribution >= 0.6 is 23.5 Å². The van der Waals surface area contributed by atoms with Crippen molar-refractivity contribution in [3.63, 3.8) is 0 Å². The van der Waals surface area contributed by atoms with Crippen LogP contribution in [0.2, 0.25) is 0 Å². The second kappa shape index (κ2) is 7.70. The first kappa shape index (κ1) is 18.0. The lowest BCUT2D eigenvalue weighted by Gasteiger charge is -2.20. The number of rotatable bonds is 4. The maximum atomic E-state index is 5.37. The van der Waals surface area contributed by atoms with E-state index >= 15 is 0 Å². The third kappa shape index (κ3) is 3.70. The fraction of sp³-hybridized carbons (Fsp3) is 0.200. The average Bonchev–Trinajstić information content (AvgIpc) is 3.27. The zero-order chi connectivity index (χ0) is 18.8. The molecule has 0 amide bonds. The van der Waals surface area contributed by atoms with E-state index in [0.717, 1.165) is 21.5 Å². The van der Waals surface area contributed by atoms with Crippen molar-refractivity contribution in [1.82, 2.24) is 5.01 Å². The van der Waals surface area contributed by atoms with Gasteiger partial charge < -0.3 is 9.64 Å². The van der Waals surface area contributed by atoms with Crippen molar-refractivity contribution in [1.29, 1.82) is 0 Å². The summed E-state index contributed by atoms with van der Waals surface area (Å²) in [6.45, 7) is 0. The third-order valence-electron chi connectivity index (χ3n) is 4.28. The molecule has 0 spiro atoms. The molecule has 0 bridgehead atoms. The maximum Gasteiger partial charge on any atom is 0.213 e. The van der Waals surface area contributed by atoms with Gasteiger partial charge in [-0.25, -0.2) is 10.0 Å². The van der Waals surface area contributed by atoms with Crippen molar-refractivity contribution in [2.24, 2.45) is 10.1 Å². The predicted molar refractivity (Wildman–Crippen MR) is 117 cm³/mol. The molecule has 0 aromatic heterocycles. The molecule has 0 saturated carbocycles. The number of hydrogen-bond donors (Lipinski definition) is 0. The molecule has 4 rings (SSSR count). The van der Waals surface area contributed by atoms with Crippen molar-refractivity contribution in [3.8, 4) is 5.75 Å². The first-order chi connectivity index (χ1) is 13.2. The highest BCUT2D eigenvalue weighted by molar-refractivity contribution is 8.18. The number of anilines is 1. The van der Waals surface area contributed by atoms with Crippen LogP contribution in [-0.2, 0) is 0 Å². The minimum Gasteiger partial charge on any atom is -0.496 e. The molecule has 7 heteroatoms. The summed E-state index contributed by atoms with van der Waals surface area (Å²) in [6.07, 6.45) is 1.81. The Morgan fingerprint density at radius 3 is 2.67 bits per heavy atom. The number of thioether (sulfide) groups is 2. The maximum absolute atomic E-state index is 5.37. The molecule has 0 radical (unpaired) electrons. The normalized spacial score (nSPS) is 18.5. The number of fused-ring (bicyclic) bond motifs is 1. The number of nitrogens with zero attached hydrogens (tertiary/aromatic N) is 4. The summed E-state index contributed by atoms with van der Waals surface area (Å²) < 4.78 is 5.37. The molecular formula is C20H20N4OS2. The molecule has 0 N–H and O–H groups in total. The number of ether oxygens (including phenoxy) is 1. The number of amidine groups is 1. The van der Waals surface area contributed by atoms with Gasteiger partial charge in [0.15, 0.2) is 0 Å². The SMILES string of the molecule is COc1ccccc1/C=N\C1=NN2C(=CSC2c2ccc(N(C)C)cc2)S1. The van der Waals surface area contributed by atoms with E-state index in [2.05, 4.69) is 44.6 Å². The molecule has 2 aromatic carbocycles. The molecule has 2 heterocycles. The summed E-state index contributed by atoms with van der Waals surface area (Å²) in [5.74, 6) is 0.805. The summed E-state index contributed by atoms with van der Waals surface area (Å²) in [5.41, 5.74) is 3.36. The third-order valence-corrected chi connectivity index (χ3v) is 6.40. The molecule has 138 valence electrons. The zero-order valence-corrected chi connectivity index (χ0v) is 17.0. The van der Waals surface area contributed by atoms with E-state index in [9.17, 15) is 0 Å². The Bertz CT molecular complexity index is 922. The van der Waals surface area contributed by atoms with Gasteiger partial charge in [-0.2, -0.15) is 0 Å². The van der Waals surface area contributed by atoms with E-state index in [1.54, 1.807) is 36.8 Å². The lowest BCUT2D eigenvalue weighted by Crippen LogP contribution is -2.13. The second-order valence-electron chi connectivity index (χ2n) is 6.26. The highest BCUT2D eigenvalue weighted by Gasteiger charge is 2.34. The van der Waals surface area contributed by atoms with Gasteiger partial charge in [-0.15, -0.1) is 5.10 Å². The number of para-hydroxylation sites is 1. The van der Waals surface area contributed by atoms with E-state index in [1.165, 1.54) is 11.3 Å². The summed E-state index contributed by atoms with van der Waals surface area (Å²) in [7, 11) is 5.76. The van der Waals surface area contributed by atoms with Gasteiger partial charge in [-0.1, -0.05) is 36.0 Å². The molecule has 2 aliphatic heterocycles. The largest absolute Gasteiger partial charge is 0.496 e. The second-order valence-corrected chi connectivity index (χ2v) is 8.20. The van der Waals surface area contributed by atoms with Crippen LogP contribution in [0.25, 0.3) is 0 Å². The Balaban J connectivity index is 1.51. The van der Waals surface area contributed by atoms with Crippen LogP contribution in [0.5, 0.6) is 5.75 Å². The van der Waals surface area contributed by atoms with Crippen LogP contribution < -0.4 is 9.64 Å². The monoisotopic (exact) mass is 396 g/mol. The van der Waals surface area contributed by atoms with E-state index in [1.807, 2.05) is 38.4 Å². The van der Waals surface area contributed by atoms with E-state index in [-0.39, 0.29) is 5.37 Å². The lowest BCUT2D eigenvalue weighted by atomic mass is 10.2. The van der Waals surface area contributed by atoms with Gasteiger partial charge in [0.1, 0.15) is 16.2 Å². The molecular weight excluding hydrogens is 376 g/mol. The van der Waals surface area contributed by atoms with Gasteiger partial charge in [0.05, 0.1) is 7.11 Å². The standard InChI is InChI=1S/C20H20N4OS2/c1-23(2)16-10-8-14(9-11-16)19-24-18(13-26-19)27-20(22-24)21-12-15-6-4-5-7-17(15)25-3/h4-13,19H,1-3H3/b21-12-. The number of aliphatic imine (C=N–C) groups is 1. The van der Waals surface area contributed by atoms with Crippen LogP contribution in [0.4, 0.5) is 5.69 Å². The predicted octanol–water partition coefficient (Wildman–Crippen LogP) is 4.74. The van der Waals surface area contributed by atoms with Gasteiger partial charge in [-0.05, 0) is 41.6 Å². The quantitative estimate of drug-likeness (QED) is 0.698. The fourth-order valence-corrected chi connectivity index (χ4v) is 4.87. The van der Waals surface area contributed by atoms with Crippen LogP contribution in [-0.4, -0.2) is 37.6 Å². The number of methoxy groups -OCH3 is 1. The van der Waals surface area contributed by atoms with Gasteiger partial charge in [0, 0.05) is 37.0 Å². The van der Waals surface area contributed by atoms with Crippen molar-refractivity contribution >= 4 is 40.6 Å². The van der Waals surface area contributed by atoms with Crippen molar-refractivity contribution in [2.45, 2.75) is 5.37 Å². The summed E-state index contributed by atoms with van der Waals surface area (Å²) >= 11 is 3.36. The van der Waals surface area contributed by atoms with Gasteiger partial charge >= 0.3 is 0 Å². The Morgan fingerprint density at radius 1 is 1.15 bits per heavy atom. The molecule has 1 unspecified atom stereocenters. The summed E-state index contributed by atoms with van der Waals surface area (Å²) in [5, 5.41) is 10.9. The molecule has 2 aromatic rings. The minimum absolute atomic E-state index is 0.155. The summed E-state index contributed by atoms with van der Waals surface area (Å²) in [4.78, 5) is 6.66. The molecule has 0 aliphatic carbocycles. The van der Waals surface area contributed by atoms with Crippen LogP contribution in [0.15, 0.2) is 69.1 Å². The number of hydrazone groups is 1. The molecule has 27 heavy (non-hydrogen) atoms. The fourth-order valence-electron chi connectivity index (χ4n) is 2.84. The zero-order valence-electron chi connectivity index (χ0n) is 15.4. The van der Waals surface area contributed by atoms with Crippen molar-refractivity contribution in [2.75, 3.05) is 26.1 Å². The number of hydrogen-bond acceptors (Lipinski definition) is 7. The van der Waals surface area contributed by atoms with Crippen LogP contribution in [0.3, 0.4) is 0 Å². The lowest BCUT2D eigenvalue weighted by molar-refractivity contribution is 0.387. The highest BCUT2D eigenvalue weighted by atomic mass is 32.2. The van der Waals surface area contributed by atoms with E-state index < -0.39 is 0 Å². The van der Waals surface area contributed by atoms with Gasteiger partial charge in [0.25, 0.3) is 0 Å². The molecule has 0 saturated heterocycles. The Kier molecular flexibility index (Phi) is 5.13. The highest BCUT2D eigenvalue weighted by Crippen LogP contribution is 2.50. The van der Waals surface area contributed by atoms with Crippen LogP contribution in [0.1, 0.15) is 16.5 Å². The smallest absolute Gasteiger partial charge is 0.213 e. The molecule has 0 fully saturated rings. The summed E-state index contributed by atoms with van der Waals surface area (Å²) in [6, 6.07) is 16.4. The number of benzene rings is 2. The van der Waals surface area contributed by atoms with E-state index in [0.29, 0.717) is 0 Å². The first-order valence-electron chi connectivity index (χ1n) is 8.51. The van der Waals surface area contributed by atoms with Crippen LogP contribution in [0, 0.1) is 0 Å². The van der Waals surface area contributed by atoms with E-state index in [4.69, 9.17) is 9.84 Å². The Morgan fingerprint density at radius 2 is 1.93 bits per heavy atom. The molecule has 2 aliphatic rings. The Hall–Kier alpha value is -2.38. The minimum atomic E-state index is 0.155. The van der Waals surface area contributed by atoms with Crippen molar-refractivity contribution < 1.29 is 4.74 Å². The van der Waals surface area contributed by atoms with Crippen molar-refractivity contribution in [3.05, 3.63) is 70.1 Å². The first-order valence-corrected chi connectivity index (χ1v) is 10.3. The average molecular weight is 397 g/mol. The molecule has 1 atom stereocenters.